The fraction of sp³-hybridized carbons (Fsp3) is 0.444. The molecule has 2 aliphatic rings. The topological polar surface area (TPSA) is 87.7 Å². The number of fused-ring (bicyclic) bond motifs is 3. The number of para-hydroxylation sites is 1. The van der Waals surface area contributed by atoms with E-state index in [0.717, 1.165) is 11.1 Å². The summed E-state index contributed by atoms with van der Waals surface area (Å²) in [6.45, 7) is 8.28. The third-order valence-corrected chi connectivity index (χ3v) is 8.07. The first-order chi connectivity index (χ1) is 16.6. The lowest BCUT2D eigenvalue weighted by atomic mass is 9.98. The maximum absolute atomic E-state index is 13.7. The molecule has 2 aromatic carbocycles. The summed E-state index contributed by atoms with van der Waals surface area (Å²) in [6.07, 6.45) is 0.487. The van der Waals surface area contributed by atoms with E-state index in [4.69, 9.17) is 4.74 Å². The molecule has 0 saturated carbocycles. The predicted octanol–water partition coefficient (Wildman–Crippen LogP) is 3.89. The van der Waals surface area contributed by atoms with E-state index in [-0.39, 0.29) is 29.0 Å². The quantitative estimate of drug-likeness (QED) is 0.580. The van der Waals surface area contributed by atoms with Gasteiger partial charge in [-0.3, -0.25) is 14.4 Å². The number of hydrogen-bond donors (Lipinski definition) is 2. The molecule has 1 fully saturated rings. The van der Waals surface area contributed by atoms with Crippen molar-refractivity contribution in [3.8, 4) is 5.75 Å². The van der Waals surface area contributed by atoms with Gasteiger partial charge in [-0.15, -0.1) is 11.8 Å². The number of carbonyl (C=O) groups is 3. The Bertz CT molecular complexity index is 1130. The van der Waals surface area contributed by atoms with Crippen molar-refractivity contribution in [1.29, 1.82) is 0 Å². The van der Waals surface area contributed by atoms with Crippen molar-refractivity contribution in [2.75, 3.05) is 7.11 Å². The van der Waals surface area contributed by atoms with Gasteiger partial charge in [-0.1, -0.05) is 50.2 Å². The summed E-state index contributed by atoms with van der Waals surface area (Å²) >= 11 is 1.61. The Morgan fingerprint density at radius 1 is 1.11 bits per heavy atom. The van der Waals surface area contributed by atoms with Crippen LogP contribution < -0.4 is 15.4 Å². The zero-order valence-electron chi connectivity index (χ0n) is 20.8. The van der Waals surface area contributed by atoms with Gasteiger partial charge < -0.3 is 20.3 Å². The SMILES string of the molecule is COc1ccccc1CNC(=O)[C@@H](CC(C)C)NC(=O)[C@@H]1N2C(=O)c3ccccc3C2SC1(C)C. The van der Waals surface area contributed by atoms with Crippen molar-refractivity contribution >= 4 is 29.5 Å². The highest BCUT2D eigenvalue weighted by molar-refractivity contribution is 8.01. The molecule has 2 heterocycles. The van der Waals surface area contributed by atoms with E-state index in [1.165, 1.54) is 0 Å². The highest BCUT2D eigenvalue weighted by Gasteiger charge is 2.57. The van der Waals surface area contributed by atoms with Crippen molar-refractivity contribution < 1.29 is 19.1 Å². The largest absolute Gasteiger partial charge is 0.496 e. The minimum atomic E-state index is -0.711. The van der Waals surface area contributed by atoms with Gasteiger partial charge in [-0.05, 0) is 43.9 Å². The van der Waals surface area contributed by atoms with E-state index in [0.29, 0.717) is 24.3 Å². The van der Waals surface area contributed by atoms with E-state index in [1.807, 2.05) is 76.2 Å². The van der Waals surface area contributed by atoms with Crippen LogP contribution in [0.4, 0.5) is 0 Å². The van der Waals surface area contributed by atoms with Gasteiger partial charge in [-0.25, -0.2) is 0 Å². The molecule has 35 heavy (non-hydrogen) atoms. The van der Waals surface area contributed by atoms with Gasteiger partial charge in [0.15, 0.2) is 0 Å². The minimum absolute atomic E-state index is 0.134. The predicted molar refractivity (Wildman–Crippen MR) is 137 cm³/mol. The van der Waals surface area contributed by atoms with E-state index >= 15 is 0 Å². The summed E-state index contributed by atoms with van der Waals surface area (Å²) in [5.41, 5.74) is 2.44. The molecule has 2 N–H and O–H groups in total. The summed E-state index contributed by atoms with van der Waals surface area (Å²) in [4.78, 5) is 41.8. The lowest BCUT2D eigenvalue weighted by Gasteiger charge is -2.31. The molecule has 0 aliphatic carbocycles. The molecular weight excluding hydrogens is 462 g/mol. The van der Waals surface area contributed by atoms with Gasteiger partial charge in [0, 0.05) is 22.4 Å². The normalized spacial score (nSPS) is 20.9. The number of methoxy groups -OCH3 is 1. The molecular formula is C27H33N3O4S. The monoisotopic (exact) mass is 495 g/mol. The Balaban J connectivity index is 1.51. The van der Waals surface area contributed by atoms with Crippen LogP contribution in [0.25, 0.3) is 0 Å². The molecule has 2 aromatic rings. The first-order valence-electron chi connectivity index (χ1n) is 11.9. The zero-order chi connectivity index (χ0) is 25.3. The number of carbonyl (C=O) groups excluding carboxylic acids is 3. The van der Waals surface area contributed by atoms with Gasteiger partial charge in [0.05, 0.1) is 7.11 Å². The smallest absolute Gasteiger partial charge is 0.256 e. The second-order valence-corrected chi connectivity index (χ2v) is 11.7. The van der Waals surface area contributed by atoms with Gasteiger partial charge >= 0.3 is 0 Å². The van der Waals surface area contributed by atoms with Crippen LogP contribution in [0.2, 0.25) is 0 Å². The van der Waals surface area contributed by atoms with E-state index in [1.54, 1.807) is 23.8 Å². The number of hydrogen-bond acceptors (Lipinski definition) is 5. The Hall–Kier alpha value is -3.00. The van der Waals surface area contributed by atoms with Crippen molar-refractivity contribution in [3.63, 3.8) is 0 Å². The average Bonchev–Trinajstić information content (AvgIpc) is 3.25. The third-order valence-electron chi connectivity index (χ3n) is 6.53. The molecule has 0 spiro atoms. The highest BCUT2D eigenvalue weighted by atomic mass is 32.2. The summed E-state index contributed by atoms with van der Waals surface area (Å²) in [7, 11) is 1.59. The van der Waals surface area contributed by atoms with Crippen molar-refractivity contribution in [2.24, 2.45) is 5.92 Å². The molecule has 186 valence electrons. The maximum Gasteiger partial charge on any atom is 0.256 e. The van der Waals surface area contributed by atoms with Crippen LogP contribution in [0, 0.1) is 5.92 Å². The van der Waals surface area contributed by atoms with Crippen LogP contribution in [-0.4, -0.2) is 46.6 Å². The molecule has 2 aliphatic heterocycles. The number of nitrogens with one attached hydrogen (secondary N) is 2. The van der Waals surface area contributed by atoms with Crippen LogP contribution in [0.3, 0.4) is 0 Å². The summed E-state index contributed by atoms with van der Waals surface area (Å²) < 4.78 is 4.87. The lowest BCUT2D eigenvalue weighted by molar-refractivity contribution is -0.132. The molecule has 0 radical (unpaired) electrons. The van der Waals surface area contributed by atoms with Gasteiger partial charge in [0.25, 0.3) is 5.91 Å². The zero-order valence-corrected chi connectivity index (χ0v) is 21.6. The summed E-state index contributed by atoms with van der Waals surface area (Å²) in [5.74, 6) is 0.192. The number of rotatable bonds is 8. The number of nitrogens with zero attached hydrogens (tertiary/aromatic N) is 1. The molecule has 4 rings (SSSR count). The van der Waals surface area contributed by atoms with Gasteiger partial charge in [-0.2, -0.15) is 0 Å². The van der Waals surface area contributed by atoms with E-state index in [2.05, 4.69) is 10.6 Å². The van der Waals surface area contributed by atoms with Crippen molar-refractivity contribution in [1.82, 2.24) is 15.5 Å². The van der Waals surface area contributed by atoms with Gasteiger partial charge in [0.2, 0.25) is 11.8 Å². The van der Waals surface area contributed by atoms with Crippen LogP contribution in [0.15, 0.2) is 48.5 Å². The fourth-order valence-corrected chi connectivity index (χ4v) is 6.50. The van der Waals surface area contributed by atoms with Gasteiger partial charge in [0.1, 0.15) is 23.2 Å². The summed E-state index contributed by atoms with van der Waals surface area (Å²) in [5, 5.41) is 5.73. The molecule has 8 heteroatoms. The number of benzene rings is 2. The van der Waals surface area contributed by atoms with Crippen LogP contribution >= 0.6 is 11.8 Å². The highest BCUT2D eigenvalue weighted by Crippen LogP contribution is 2.56. The Kier molecular flexibility index (Phi) is 7.12. The maximum atomic E-state index is 13.7. The Morgan fingerprint density at radius 2 is 1.80 bits per heavy atom. The second-order valence-electron chi connectivity index (χ2n) is 10.00. The van der Waals surface area contributed by atoms with E-state index in [9.17, 15) is 14.4 Å². The number of ether oxygens (including phenoxy) is 1. The Labute approximate surface area is 211 Å². The fourth-order valence-electron chi connectivity index (χ4n) is 4.91. The minimum Gasteiger partial charge on any atom is -0.496 e. The van der Waals surface area contributed by atoms with Crippen LogP contribution in [0.1, 0.15) is 61.0 Å². The molecule has 1 unspecified atom stereocenters. The number of thioether (sulfide) groups is 1. The van der Waals surface area contributed by atoms with Crippen LogP contribution in [-0.2, 0) is 16.1 Å². The standard InChI is InChI=1S/C27H33N3O4S/c1-16(2)14-20(23(31)28-15-17-10-6-9-13-21(17)34-5)29-24(32)22-27(3,4)35-26-19-12-8-7-11-18(19)25(33)30(22)26/h6-13,16,20,22,26H,14-15H2,1-5H3,(H,28,31)(H,29,32)/t20-,22+,26?/m1/s1. The Morgan fingerprint density at radius 3 is 2.51 bits per heavy atom. The first-order valence-corrected chi connectivity index (χ1v) is 12.8. The average molecular weight is 496 g/mol. The molecule has 0 bridgehead atoms. The second kappa shape index (κ2) is 9.93. The molecule has 3 amide bonds. The molecule has 1 saturated heterocycles. The molecule has 3 atom stereocenters. The first kappa shape index (κ1) is 25.1. The van der Waals surface area contributed by atoms with Crippen LogP contribution in [0.5, 0.6) is 5.75 Å². The summed E-state index contributed by atoms with van der Waals surface area (Å²) in [6, 6.07) is 13.6. The molecule has 0 aromatic heterocycles. The lowest BCUT2D eigenvalue weighted by Crippen LogP contribution is -2.57. The molecule has 7 nitrogen and oxygen atoms in total. The van der Waals surface area contributed by atoms with Crippen molar-refractivity contribution in [2.45, 2.75) is 62.9 Å². The van der Waals surface area contributed by atoms with E-state index < -0.39 is 16.8 Å². The third kappa shape index (κ3) is 4.89. The number of amides is 3. The van der Waals surface area contributed by atoms with Crippen molar-refractivity contribution in [3.05, 3.63) is 65.2 Å².